The van der Waals surface area contributed by atoms with Crippen LogP contribution >= 0.6 is 0 Å². The molecule has 0 N–H and O–H groups in total. The predicted octanol–water partition coefficient (Wildman–Crippen LogP) is 6.10. The molecule has 0 heterocycles. The summed E-state index contributed by atoms with van der Waals surface area (Å²) in [7, 11) is 0. The Morgan fingerprint density at radius 1 is 1.14 bits per heavy atom. The van der Waals surface area contributed by atoms with Gasteiger partial charge >= 0.3 is 0 Å². The van der Waals surface area contributed by atoms with E-state index in [-0.39, 0.29) is 5.60 Å². The van der Waals surface area contributed by atoms with Crippen LogP contribution in [0.25, 0.3) is 0 Å². The van der Waals surface area contributed by atoms with Crippen molar-refractivity contribution in [2.45, 2.75) is 71.3 Å². The first kappa shape index (κ1) is 16.1. The van der Waals surface area contributed by atoms with Crippen LogP contribution < -0.4 is 4.74 Å². The van der Waals surface area contributed by atoms with Gasteiger partial charge in [0.1, 0.15) is 11.4 Å². The number of hydrogen-bond donors (Lipinski definition) is 0. The lowest BCUT2D eigenvalue weighted by molar-refractivity contribution is 0.131. The van der Waals surface area contributed by atoms with Crippen molar-refractivity contribution in [3.8, 4) is 5.75 Å². The first-order valence-electron chi connectivity index (χ1n) is 8.40. The van der Waals surface area contributed by atoms with Crippen LogP contribution in [0.4, 0.5) is 0 Å². The molecule has 1 heteroatoms. The lowest BCUT2D eigenvalue weighted by Crippen LogP contribution is -2.22. The minimum atomic E-state index is -0.131. The van der Waals surface area contributed by atoms with E-state index in [9.17, 15) is 0 Å². The van der Waals surface area contributed by atoms with Crippen LogP contribution in [-0.4, -0.2) is 5.60 Å². The maximum atomic E-state index is 5.87. The van der Waals surface area contributed by atoms with Crippen molar-refractivity contribution < 1.29 is 4.74 Å². The molecule has 1 saturated carbocycles. The molecule has 1 atom stereocenters. The Bertz CT molecular complexity index is 444. The fourth-order valence-electron chi connectivity index (χ4n) is 3.03. The smallest absolute Gasteiger partial charge is 0.120 e. The van der Waals surface area contributed by atoms with Gasteiger partial charge in [-0.2, -0.15) is 0 Å². The van der Waals surface area contributed by atoms with Crippen molar-refractivity contribution in [2.75, 3.05) is 0 Å². The second-order valence-corrected chi connectivity index (χ2v) is 7.39. The van der Waals surface area contributed by atoms with Crippen LogP contribution in [-0.2, 0) is 0 Å². The summed E-state index contributed by atoms with van der Waals surface area (Å²) in [5.74, 6) is 2.37. The summed E-state index contributed by atoms with van der Waals surface area (Å²) in [5, 5.41) is 0. The minimum absolute atomic E-state index is 0.131. The number of allylic oxidation sites excluding steroid dienone is 2. The van der Waals surface area contributed by atoms with Crippen LogP contribution in [0.15, 0.2) is 36.4 Å². The van der Waals surface area contributed by atoms with E-state index in [1.807, 2.05) is 0 Å². The summed E-state index contributed by atoms with van der Waals surface area (Å²) in [6, 6.07) is 8.54. The highest BCUT2D eigenvalue weighted by atomic mass is 16.5. The minimum Gasteiger partial charge on any atom is -0.488 e. The van der Waals surface area contributed by atoms with Gasteiger partial charge in [-0.15, -0.1) is 0 Å². The Morgan fingerprint density at radius 3 is 2.33 bits per heavy atom. The maximum absolute atomic E-state index is 5.87. The van der Waals surface area contributed by atoms with Gasteiger partial charge in [0.25, 0.3) is 0 Å². The van der Waals surface area contributed by atoms with E-state index in [0.717, 1.165) is 11.7 Å². The maximum Gasteiger partial charge on any atom is 0.120 e. The van der Waals surface area contributed by atoms with Gasteiger partial charge in [-0.3, -0.25) is 0 Å². The summed E-state index contributed by atoms with van der Waals surface area (Å²) in [6.45, 7) is 8.50. The fraction of sp³-hybridized carbons (Fsp3) is 0.600. The molecule has 0 bridgehead atoms. The molecule has 0 spiro atoms. The number of benzene rings is 1. The van der Waals surface area contributed by atoms with Crippen molar-refractivity contribution in [3.63, 3.8) is 0 Å². The summed E-state index contributed by atoms with van der Waals surface area (Å²) in [5.41, 5.74) is 1.23. The SMILES string of the molecule is C[C@@H](/C=C/CC1CCCC1)c1ccc(OC(C)(C)C)cc1. The average Bonchev–Trinajstić information content (AvgIpc) is 2.91. The molecule has 21 heavy (non-hydrogen) atoms. The summed E-state index contributed by atoms with van der Waals surface area (Å²) < 4.78 is 5.87. The molecule has 0 unspecified atom stereocenters. The van der Waals surface area contributed by atoms with Crippen molar-refractivity contribution >= 4 is 0 Å². The van der Waals surface area contributed by atoms with Gasteiger partial charge in [0.15, 0.2) is 0 Å². The first-order chi connectivity index (χ1) is 9.94. The van der Waals surface area contributed by atoms with Gasteiger partial charge in [0.2, 0.25) is 0 Å². The van der Waals surface area contributed by atoms with Crippen molar-refractivity contribution in [3.05, 3.63) is 42.0 Å². The van der Waals surface area contributed by atoms with Gasteiger partial charge in [-0.1, -0.05) is 56.9 Å². The van der Waals surface area contributed by atoms with Crippen molar-refractivity contribution in [1.82, 2.24) is 0 Å². The fourth-order valence-corrected chi connectivity index (χ4v) is 3.03. The van der Waals surface area contributed by atoms with Crippen LogP contribution in [0.2, 0.25) is 0 Å². The van der Waals surface area contributed by atoms with Crippen molar-refractivity contribution in [1.29, 1.82) is 0 Å². The normalized spacial score (nSPS) is 18.3. The molecular formula is C20H30O. The molecule has 0 aliphatic heterocycles. The molecule has 1 aromatic carbocycles. The van der Waals surface area contributed by atoms with Crippen LogP contribution in [0, 0.1) is 5.92 Å². The average molecular weight is 286 g/mol. The lowest BCUT2D eigenvalue weighted by atomic mass is 9.98. The van der Waals surface area contributed by atoms with E-state index in [1.165, 1.54) is 37.7 Å². The Kier molecular flexibility index (Phi) is 5.50. The molecule has 1 aromatic rings. The van der Waals surface area contributed by atoms with E-state index in [4.69, 9.17) is 4.74 Å². The monoisotopic (exact) mass is 286 g/mol. The second kappa shape index (κ2) is 7.15. The zero-order valence-corrected chi connectivity index (χ0v) is 14.1. The highest BCUT2D eigenvalue weighted by Gasteiger charge is 2.13. The highest BCUT2D eigenvalue weighted by molar-refractivity contribution is 5.31. The van der Waals surface area contributed by atoms with Gasteiger partial charge in [-0.25, -0.2) is 0 Å². The van der Waals surface area contributed by atoms with E-state index in [0.29, 0.717) is 5.92 Å². The second-order valence-electron chi connectivity index (χ2n) is 7.39. The Hall–Kier alpha value is -1.24. The summed E-state index contributed by atoms with van der Waals surface area (Å²) >= 11 is 0. The zero-order valence-electron chi connectivity index (χ0n) is 14.1. The summed E-state index contributed by atoms with van der Waals surface area (Å²) in [4.78, 5) is 0. The largest absolute Gasteiger partial charge is 0.488 e. The predicted molar refractivity (Wildman–Crippen MR) is 91.0 cm³/mol. The molecule has 2 rings (SSSR count). The highest BCUT2D eigenvalue weighted by Crippen LogP contribution is 2.28. The first-order valence-corrected chi connectivity index (χ1v) is 8.40. The van der Waals surface area contributed by atoms with Gasteiger partial charge in [-0.05, 0) is 56.7 Å². The topological polar surface area (TPSA) is 9.23 Å². The Balaban J connectivity index is 1.86. The Labute approximate surface area is 130 Å². The third-order valence-corrected chi connectivity index (χ3v) is 4.20. The summed E-state index contributed by atoms with van der Waals surface area (Å²) in [6.07, 6.45) is 11.7. The van der Waals surface area contributed by atoms with Crippen LogP contribution in [0.1, 0.15) is 71.3 Å². The quantitative estimate of drug-likeness (QED) is 0.594. The molecule has 1 aliphatic rings. The molecule has 0 saturated heterocycles. The standard InChI is InChI=1S/C20H30O/c1-16(8-7-11-17-9-5-6-10-17)18-12-14-19(15-13-18)21-20(2,3)4/h7-8,12-17H,5-6,9-11H2,1-4H3/b8-7+/t16-/m0/s1. The molecule has 1 fully saturated rings. The van der Waals surface area contributed by atoms with Crippen molar-refractivity contribution in [2.24, 2.45) is 5.92 Å². The van der Waals surface area contributed by atoms with E-state index >= 15 is 0 Å². The van der Waals surface area contributed by atoms with Gasteiger partial charge in [0, 0.05) is 0 Å². The Morgan fingerprint density at radius 2 is 1.76 bits per heavy atom. The van der Waals surface area contributed by atoms with E-state index < -0.39 is 0 Å². The third kappa shape index (κ3) is 5.57. The zero-order chi connectivity index (χ0) is 15.3. The van der Waals surface area contributed by atoms with Gasteiger partial charge in [0.05, 0.1) is 0 Å². The van der Waals surface area contributed by atoms with Crippen LogP contribution in [0.5, 0.6) is 5.75 Å². The van der Waals surface area contributed by atoms with E-state index in [1.54, 1.807) is 0 Å². The molecular weight excluding hydrogens is 256 g/mol. The third-order valence-electron chi connectivity index (χ3n) is 4.20. The number of hydrogen-bond acceptors (Lipinski definition) is 1. The van der Waals surface area contributed by atoms with Gasteiger partial charge < -0.3 is 4.74 Å². The molecule has 116 valence electrons. The molecule has 0 amide bonds. The van der Waals surface area contributed by atoms with Crippen LogP contribution in [0.3, 0.4) is 0 Å². The lowest BCUT2D eigenvalue weighted by Gasteiger charge is -2.21. The van der Waals surface area contributed by atoms with E-state index in [2.05, 4.69) is 64.1 Å². The number of ether oxygens (including phenoxy) is 1. The molecule has 0 radical (unpaired) electrons. The molecule has 1 aliphatic carbocycles. The molecule has 0 aromatic heterocycles. The molecule has 1 nitrogen and oxygen atoms in total. The number of rotatable bonds is 5.